The van der Waals surface area contributed by atoms with Crippen molar-refractivity contribution in [3.05, 3.63) is 18.1 Å². The number of hydrogen-bond acceptors (Lipinski definition) is 5. The van der Waals surface area contributed by atoms with Crippen LogP contribution in [-0.4, -0.2) is 49.2 Å². The molecule has 0 bridgehead atoms. The van der Waals surface area contributed by atoms with E-state index in [1.165, 1.54) is 26.6 Å². The van der Waals surface area contributed by atoms with E-state index in [2.05, 4.69) is 9.97 Å². The number of aromatic nitrogens is 2. The number of nitrogens with zero attached hydrogens (tertiary/aromatic N) is 4. The van der Waals surface area contributed by atoms with Gasteiger partial charge < -0.3 is 4.90 Å². The summed E-state index contributed by atoms with van der Waals surface area (Å²) in [5.41, 5.74) is 0.255. The number of rotatable bonds is 3. The van der Waals surface area contributed by atoms with Gasteiger partial charge in [0.15, 0.2) is 0 Å². The van der Waals surface area contributed by atoms with Gasteiger partial charge in [-0.3, -0.25) is 9.63 Å². The van der Waals surface area contributed by atoms with Gasteiger partial charge in [0.1, 0.15) is 11.5 Å². The summed E-state index contributed by atoms with van der Waals surface area (Å²) in [5.74, 6) is 0.377. The van der Waals surface area contributed by atoms with Gasteiger partial charge in [-0.15, -0.1) is 0 Å². The predicted molar refractivity (Wildman–Crippen MR) is 55.5 cm³/mol. The molecule has 0 radical (unpaired) electrons. The summed E-state index contributed by atoms with van der Waals surface area (Å²) in [6.45, 7) is 0. The van der Waals surface area contributed by atoms with Crippen molar-refractivity contribution in [3.63, 3.8) is 0 Å². The van der Waals surface area contributed by atoms with Gasteiger partial charge in [-0.2, -0.15) is 0 Å². The molecule has 1 amide bonds. The molecule has 1 aromatic rings. The van der Waals surface area contributed by atoms with Gasteiger partial charge in [0.25, 0.3) is 5.91 Å². The minimum absolute atomic E-state index is 0.255. The molecule has 0 saturated heterocycles. The summed E-state index contributed by atoms with van der Waals surface area (Å²) in [7, 11) is 6.64. The molecule has 0 unspecified atom stereocenters. The van der Waals surface area contributed by atoms with Crippen LogP contribution in [0.25, 0.3) is 0 Å². The summed E-state index contributed by atoms with van der Waals surface area (Å²) in [4.78, 5) is 26.2. The number of hydroxylamine groups is 2. The standard InChI is InChI=1S/C9H14N4O2/c1-12(2)8-6-10-7(5-11-8)9(14)13(3)15-4/h5-6H,1-4H3. The molecule has 1 heterocycles. The fourth-order valence-corrected chi connectivity index (χ4v) is 0.907. The molecule has 1 aromatic heterocycles. The Morgan fingerprint density at radius 1 is 1.27 bits per heavy atom. The van der Waals surface area contributed by atoms with Crippen molar-refractivity contribution in [2.45, 2.75) is 0 Å². The van der Waals surface area contributed by atoms with Crippen LogP contribution in [-0.2, 0) is 4.84 Å². The van der Waals surface area contributed by atoms with Crippen LogP contribution >= 0.6 is 0 Å². The molecule has 82 valence electrons. The predicted octanol–water partition coefficient (Wildman–Crippen LogP) is 0.176. The van der Waals surface area contributed by atoms with Gasteiger partial charge in [-0.1, -0.05) is 0 Å². The maximum atomic E-state index is 11.5. The van der Waals surface area contributed by atoms with E-state index >= 15 is 0 Å². The van der Waals surface area contributed by atoms with E-state index in [0.717, 1.165) is 5.06 Å². The van der Waals surface area contributed by atoms with E-state index < -0.39 is 0 Å². The second-order valence-corrected chi connectivity index (χ2v) is 3.14. The zero-order chi connectivity index (χ0) is 11.4. The largest absolute Gasteiger partial charge is 0.361 e. The highest BCUT2D eigenvalue weighted by Crippen LogP contribution is 2.05. The Kier molecular flexibility index (Phi) is 3.56. The molecular formula is C9H14N4O2. The Balaban J connectivity index is 2.84. The first kappa shape index (κ1) is 11.4. The lowest BCUT2D eigenvalue weighted by molar-refractivity contribution is -0.0760. The quantitative estimate of drug-likeness (QED) is 0.666. The molecule has 1 rings (SSSR count). The summed E-state index contributed by atoms with van der Waals surface area (Å²) in [6, 6.07) is 0. The fraction of sp³-hybridized carbons (Fsp3) is 0.444. The van der Waals surface area contributed by atoms with E-state index in [-0.39, 0.29) is 11.6 Å². The first-order valence-electron chi connectivity index (χ1n) is 4.37. The minimum Gasteiger partial charge on any atom is -0.361 e. The maximum Gasteiger partial charge on any atom is 0.297 e. The van der Waals surface area contributed by atoms with Gasteiger partial charge in [-0.05, 0) is 0 Å². The van der Waals surface area contributed by atoms with E-state index in [1.807, 2.05) is 14.1 Å². The first-order chi connectivity index (χ1) is 7.06. The summed E-state index contributed by atoms with van der Waals surface area (Å²) < 4.78 is 0. The van der Waals surface area contributed by atoms with Crippen LogP contribution in [0.4, 0.5) is 5.82 Å². The van der Waals surface area contributed by atoms with Gasteiger partial charge in [0, 0.05) is 21.1 Å². The molecule has 0 aromatic carbocycles. The zero-order valence-electron chi connectivity index (χ0n) is 9.26. The number of hydrogen-bond donors (Lipinski definition) is 0. The molecule has 0 aliphatic rings. The first-order valence-corrected chi connectivity index (χ1v) is 4.37. The molecule has 6 nitrogen and oxygen atoms in total. The molecule has 0 aliphatic carbocycles. The van der Waals surface area contributed by atoms with Crippen LogP contribution in [0.5, 0.6) is 0 Å². The Morgan fingerprint density at radius 2 is 1.93 bits per heavy atom. The van der Waals surface area contributed by atoms with Crippen molar-refractivity contribution in [3.8, 4) is 0 Å². The Labute approximate surface area is 88.4 Å². The van der Waals surface area contributed by atoms with Crippen LogP contribution in [0, 0.1) is 0 Å². The highest BCUT2D eigenvalue weighted by atomic mass is 16.7. The topological polar surface area (TPSA) is 58.6 Å². The lowest BCUT2D eigenvalue weighted by Gasteiger charge is -2.14. The summed E-state index contributed by atoms with van der Waals surface area (Å²) in [6.07, 6.45) is 2.96. The van der Waals surface area contributed by atoms with Crippen molar-refractivity contribution < 1.29 is 9.63 Å². The molecule has 15 heavy (non-hydrogen) atoms. The lowest BCUT2D eigenvalue weighted by Crippen LogP contribution is -2.26. The normalized spacial score (nSPS) is 9.87. The SMILES string of the molecule is CON(C)C(=O)c1cnc(N(C)C)cn1. The fourth-order valence-electron chi connectivity index (χ4n) is 0.907. The Morgan fingerprint density at radius 3 is 2.33 bits per heavy atom. The van der Waals surface area contributed by atoms with Crippen LogP contribution in [0.3, 0.4) is 0 Å². The zero-order valence-corrected chi connectivity index (χ0v) is 9.26. The summed E-state index contributed by atoms with van der Waals surface area (Å²) >= 11 is 0. The molecule has 0 N–H and O–H groups in total. The third kappa shape index (κ3) is 2.63. The number of carbonyl (C=O) groups is 1. The number of anilines is 1. The van der Waals surface area contributed by atoms with E-state index in [0.29, 0.717) is 5.82 Å². The van der Waals surface area contributed by atoms with E-state index in [1.54, 1.807) is 4.90 Å². The van der Waals surface area contributed by atoms with Crippen molar-refractivity contribution in [1.82, 2.24) is 15.0 Å². The van der Waals surface area contributed by atoms with Crippen molar-refractivity contribution >= 4 is 11.7 Å². The lowest BCUT2D eigenvalue weighted by atomic mass is 10.4. The van der Waals surface area contributed by atoms with Crippen LogP contribution < -0.4 is 4.90 Å². The second kappa shape index (κ2) is 4.70. The van der Waals surface area contributed by atoms with Gasteiger partial charge >= 0.3 is 0 Å². The second-order valence-electron chi connectivity index (χ2n) is 3.14. The van der Waals surface area contributed by atoms with Gasteiger partial charge in [0.05, 0.1) is 19.5 Å². The Hall–Kier alpha value is -1.69. The number of carbonyl (C=O) groups excluding carboxylic acids is 1. The smallest absolute Gasteiger partial charge is 0.297 e. The average Bonchev–Trinajstić information content (AvgIpc) is 2.27. The molecule has 0 atom stereocenters. The minimum atomic E-state index is -0.324. The van der Waals surface area contributed by atoms with Gasteiger partial charge in [0.2, 0.25) is 0 Å². The third-order valence-corrected chi connectivity index (χ3v) is 1.88. The molecule has 0 spiro atoms. The molecule has 0 saturated carbocycles. The molecule has 6 heteroatoms. The van der Waals surface area contributed by atoms with Crippen LogP contribution in [0.15, 0.2) is 12.4 Å². The van der Waals surface area contributed by atoms with E-state index in [4.69, 9.17) is 4.84 Å². The highest BCUT2D eigenvalue weighted by Gasteiger charge is 2.13. The average molecular weight is 210 g/mol. The van der Waals surface area contributed by atoms with Crippen molar-refractivity contribution in [2.75, 3.05) is 33.2 Å². The molecule has 0 fully saturated rings. The monoisotopic (exact) mass is 210 g/mol. The van der Waals surface area contributed by atoms with Gasteiger partial charge in [-0.25, -0.2) is 15.0 Å². The van der Waals surface area contributed by atoms with E-state index in [9.17, 15) is 4.79 Å². The Bertz CT molecular complexity index is 336. The summed E-state index contributed by atoms with van der Waals surface area (Å²) in [5, 5.41) is 1.10. The molecular weight excluding hydrogens is 196 g/mol. The van der Waals surface area contributed by atoms with Crippen LogP contribution in [0.1, 0.15) is 10.5 Å². The van der Waals surface area contributed by atoms with Crippen LogP contribution in [0.2, 0.25) is 0 Å². The maximum absolute atomic E-state index is 11.5. The number of amides is 1. The molecule has 0 aliphatic heterocycles. The third-order valence-electron chi connectivity index (χ3n) is 1.88. The highest BCUT2D eigenvalue weighted by molar-refractivity contribution is 5.91. The van der Waals surface area contributed by atoms with Crippen molar-refractivity contribution in [1.29, 1.82) is 0 Å². The van der Waals surface area contributed by atoms with Crippen molar-refractivity contribution in [2.24, 2.45) is 0 Å².